The molecule has 2 N–H and O–H groups in total. The van der Waals surface area contributed by atoms with Gasteiger partial charge in [-0.3, -0.25) is 4.79 Å². The molecule has 6 nitrogen and oxygen atoms in total. The highest BCUT2D eigenvalue weighted by molar-refractivity contribution is 5.96. The van der Waals surface area contributed by atoms with Gasteiger partial charge in [-0.1, -0.05) is 24.3 Å². The number of hydrogen-bond donors (Lipinski definition) is 2. The molecule has 0 radical (unpaired) electrons. The van der Waals surface area contributed by atoms with Crippen LogP contribution in [0.5, 0.6) is 5.75 Å². The maximum Gasteiger partial charge on any atom is 0.319 e. The average molecular weight is 327 g/mol. The molecule has 2 aromatic rings. The Hall–Kier alpha value is -3.02. The molecule has 0 aliphatic carbocycles. The van der Waals surface area contributed by atoms with E-state index in [9.17, 15) is 9.59 Å². The Kier molecular flexibility index (Phi) is 5.78. The molecule has 0 aliphatic heterocycles. The van der Waals surface area contributed by atoms with E-state index in [1.807, 2.05) is 24.3 Å². The van der Waals surface area contributed by atoms with Gasteiger partial charge in [0.2, 0.25) is 0 Å². The lowest BCUT2D eigenvalue weighted by atomic mass is 10.2. The number of methoxy groups -OCH3 is 1. The van der Waals surface area contributed by atoms with Gasteiger partial charge in [0.15, 0.2) is 0 Å². The van der Waals surface area contributed by atoms with Crippen LogP contribution in [0.15, 0.2) is 48.5 Å². The van der Waals surface area contributed by atoms with Crippen LogP contribution >= 0.6 is 0 Å². The fraction of sp³-hybridized carbons (Fsp3) is 0.222. The zero-order chi connectivity index (χ0) is 17.5. The Morgan fingerprint density at radius 1 is 1.08 bits per heavy atom. The smallest absolute Gasteiger partial charge is 0.319 e. The highest BCUT2D eigenvalue weighted by Gasteiger charge is 2.10. The number of amides is 3. The van der Waals surface area contributed by atoms with Crippen LogP contribution in [0, 0.1) is 0 Å². The predicted molar refractivity (Wildman–Crippen MR) is 93.3 cm³/mol. The van der Waals surface area contributed by atoms with Gasteiger partial charge in [0.25, 0.3) is 5.91 Å². The van der Waals surface area contributed by atoms with E-state index in [0.29, 0.717) is 17.8 Å². The molecule has 0 unspecified atom stereocenters. The van der Waals surface area contributed by atoms with Gasteiger partial charge in [-0.25, -0.2) is 4.79 Å². The van der Waals surface area contributed by atoms with E-state index in [1.54, 1.807) is 45.5 Å². The third-order valence-corrected chi connectivity index (χ3v) is 3.41. The molecular weight excluding hydrogens is 306 g/mol. The van der Waals surface area contributed by atoms with Crippen LogP contribution in [-0.2, 0) is 6.54 Å². The maximum absolute atomic E-state index is 12.0. The Bertz CT molecular complexity index is 729. The highest BCUT2D eigenvalue weighted by atomic mass is 16.5. The third kappa shape index (κ3) is 4.49. The Morgan fingerprint density at radius 2 is 1.83 bits per heavy atom. The van der Waals surface area contributed by atoms with E-state index in [1.165, 1.54) is 4.90 Å². The second kappa shape index (κ2) is 8.01. The second-order valence-corrected chi connectivity index (χ2v) is 5.40. The van der Waals surface area contributed by atoms with Crippen LogP contribution in [0.25, 0.3) is 0 Å². The number of urea groups is 1. The third-order valence-electron chi connectivity index (χ3n) is 3.41. The topological polar surface area (TPSA) is 70.7 Å². The summed E-state index contributed by atoms with van der Waals surface area (Å²) in [6.07, 6.45) is 0. The summed E-state index contributed by atoms with van der Waals surface area (Å²) in [6.45, 7) is 0.339. The van der Waals surface area contributed by atoms with Gasteiger partial charge in [-0.2, -0.15) is 0 Å². The van der Waals surface area contributed by atoms with E-state index in [2.05, 4.69) is 10.6 Å². The zero-order valence-electron chi connectivity index (χ0n) is 14.0. The first-order valence-corrected chi connectivity index (χ1v) is 7.49. The first-order valence-electron chi connectivity index (χ1n) is 7.49. The van der Waals surface area contributed by atoms with Crippen molar-refractivity contribution in [1.82, 2.24) is 10.2 Å². The van der Waals surface area contributed by atoms with Crippen LogP contribution in [0.1, 0.15) is 15.9 Å². The molecule has 2 rings (SSSR count). The van der Waals surface area contributed by atoms with Crippen molar-refractivity contribution in [3.8, 4) is 5.75 Å². The Labute approximate surface area is 141 Å². The number of nitrogens with zero attached hydrogens (tertiary/aromatic N) is 1. The summed E-state index contributed by atoms with van der Waals surface area (Å²) in [5.74, 6) is 0.601. The number of nitrogens with one attached hydrogen (secondary N) is 2. The summed E-state index contributed by atoms with van der Waals surface area (Å²) < 4.78 is 5.25. The molecule has 0 atom stereocenters. The molecule has 0 saturated heterocycles. The van der Waals surface area contributed by atoms with E-state index >= 15 is 0 Å². The number of carbonyl (C=O) groups excluding carboxylic acids is 2. The van der Waals surface area contributed by atoms with Gasteiger partial charge >= 0.3 is 6.03 Å². The van der Waals surface area contributed by atoms with E-state index in [-0.39, 0.29) is 11.9 Å². The molecular formula is C18H21N3O3. The number of ether oxygens (including phenoxy) is 1. The molecule has 0 saturated carbocycles. The van der Waals surface area contributed by atoms with Gasteiger partial charge in [-0.05, 0) is 24.3 Å². The SMILES string of the molecule is COc1ccccc1CNC(=O)Nc1cccc(C(=O)N(C)C)c1. The summed E-state index contributed by atoms with van der Waals surface area (Å²) in [6, 6.07) is 13.9. The standard InChI is InChI=1S/C18H21N3O3/c1-21(2)17(22)13-8-6-9-15(11-13)20-18(23)19-12-14-7-4-5-10-16(14)24-3/h4-11H,12H2,1-3H3,(H2,19,20,23). The molecule has 0 fully saturated rings. The van der Waals surface area contributed by atoms with Crippen LogP contribution < -0.4 is 15.4 Å². The molecule has 0 aliphatic rings. The first kappa shape index (κ1) is 17.3. The maximum atomic E-state index is 12.0. The average Bonchev–Trinajstić information content (AvgIpc) is 2.59. The summed E-state index contributed by atoms with van der Waals surface area (Å²) in [4.78, 5) is 25.5. The van der Waals surface area contributed by atoms with Crippen molar-refractivity contribution in [3.63, 3.8) is 0 Å². The number of para-hydroxylation sites is 1. The molecule has 0 bridgehead atoms. The highest BCUT2D eigenvalue weighted by Crippen LogP contribution is 2.17. The zero-order valence-corrected chi connectivity index (χ0v) is 14.0. The van der Waals surface area contributed by atoms with Gasteiger partial charge in [-0.15, -0.1) is 0 Å². The lowest BCUT2D eigenvalue weighted by Crippen LogP contribution is -2.28. The van der Waals surface area contributed by atoms with Crippen LogP contribution in [-0.4, -0.2) is 38.0 Å². The number of hydrogen-bond acceptors (Lipinski definition) is 3. The van der Waals surface area contributed by atoms with E-state index < -0.39 is 0 Å². The minimum absolute atomic E-state index is 0.118. The largest absolute Gasteiger partial charge is 0.496 e. The fourth-order valence-electron chi connectivity index (χ4n) is 2.19. The van der Waals surface area contributed by atoms with Crippen molar-refractivity contribution in [2.24, 2.45) is 0 Å². The van der Waals surface area contributed by atoms with Gasteiger partial charge < -0.3 is 20.3 Å². The Morgan fingerprint density at radius 3 is 2.54 bits per heavy atom. The summed E-state index contributed by atoms with van der Waals surface area (Å²) in [7, 11) is 4.96. The molecule has 24 heavy (non-hydrogen) atoms. The van der Waals surface area contributed by atoms with Crippen LogP contribution in [0.3, 0.4) is 0 Å². The normalized spacial score (nSPS) is 9.96. The quantitative estimate of drug-likeness (QED) is 0.887. The number of benzene rings is 2. The minimum Gasteiger partial charge on any atom is -0.496 e. The van der Waals surface area contributed by atoms with E-state index in [4.69, 9.17) is 4.74 Å². The lowest BCUT2D eigenvalue weighted by Gasteiger charge is -2.13. The van der Waals surface area contributed by atoms with Crippen molar-refractivity contribution in [2.45, 2.75) is 6.54 Å². The molecule has 3 amide bonds. The summed E-state index contributed by atoms with van der Waals surface area (Å²) >= 11 is 0. The molecule has 2 aromatic carbocycles. The Balaban J connectivity index is 1.97. The van der Waals surface area contributed by atoms with Crippen molar-refractivity contribution in [2.75, 3.05) is 26.5 Å². The van der Waals surface area contributed by atoms with Crippen molar-refractivity contribution < 1.29 is 14.3 Å². The monoisotopic (exact) mass is 327 g/mol. The van der Waals surface area contributed by atoms with Gasteiger partial charge in [0, 0.05) is 37.5 Å². The van der Waals surface area contributed by atoms with E-state index in [0.717, 1.165) is 11.3 Å². The minimum atomic E-state index is -0.352. The molecule has 126 valence electrons. The van der Waals surface area contributed by atoms with Gasteiger partial charge in [0.05, 0.1) is 7.11 Å². The summed E-state index contributed by atoms with van der Waals surface area (Å²) in [5.41, 5.74) is 1.95. The number of rotatable bonds is 5. The molecule has 6 heteroatoms. The molecule has 0 spiro atoms. The fourth-order valence-corrected chi connectivity index (χ4v) is 2.19. The molecule has 0 heterocycles. The lowest BCUT2D eigenvalue weighted by molar-refractivity contribution is 0.0827. The van der Waals surface area contributed by atoms with Crippen LogP contribution in [0.4, 0.5) is 10.5 Å². The summed E-state index contributed by atoms with van der Waals surface area (Å²) in [5, 5.41) is 5.49. The second-order valence-electron chi connectivity index (χ2n) is 5.40. The predicted octanol–water partition coefficient (Wildman–Crippen LogP) is 2.72. The van der Waals surface area contributed by atoms with Crippen LogP contribution in [0.2, 0.25) is 0 Å². The number of carbonyl (C=O) groups is 2. The first-order chi connectivity index (χ1) is 11.5. The number of anilines is 1. The van der Waals surface area contributed by atoms with Crippen molar-refractivity contribution in [3.05, 3.63) is 59.7 Å². The van der Waals surface area contributed by atoms with Crippen molar-refractivity contribution in [1.29, 1.82) is 0 Å². The molecule has 0 aromatic heterocycles. The van der Waals surface area contributed by atoms with Crippen molar-refractivity contribution >= 4 is 17.6 Å². The van der Waals surface area contributed by atoms with Gasteiger partial charge in [0.1, 0.15) is 5.75 Å².